The Bertz CT molecular complexity index is 2260. The summed E-state index contributed by atoms with van der Waals surface area (Å²) in [5.41, 5.74) is 10.6. The first-order valence-electron chi connectivity index (χ1n) is 14.5. The lowest BCUT2D eigenvalue weighted by molar-refractivity contribution is 1.18. The second kappa shape index (κ2) is 11.0. The molecule has 0 amide bonds. The highest BCUT2D eigenvalue weighted by Gasteiger charge is 2.11. The van der Waals surface area contributed by atoms with Crippen molar-refractivity contribution in [3.63, 3.8) is 0 Å². The van der Waals surface area contributed by atoms with E-state index in [9.17, 15) is 0 Å². The van der Waals surface area contributed by atoms with Crippen molar-refractivity contribution in [3.05, 3.63) is 152 Å². The smallest absolute Gasteiger partial charge is 0.159 e. The predicted molar refractivity (Wildman–Crippen MR) is 178 cm³/mol. The van der Waals surface area contributed by atoms with Crippen LogP contribution >= 0.6 is 0 Å². The Kier molecular flexibility index (Phi) is 6.39. The van der Waals surface area contributed by atoms with Crippen molar-refractivity contribution in [1.29, 1.82) is 0 Å². The third-order valence-electron chi connectivity index (χ3n) is 7.82. The van der Waals surface area contributed by atoms with Gasteiger partial charge in [-0.1, -0.05) is 97.1 Å². The van der Waals surface area contributed by atoms with E-state index in [0.717, 1.165) is 61.1 Å². The van der Waals surface area contributed by atoms with Crippen LogP contribution in [0.3, 0.4) is 0 Å². The molecule has 0 spiro atoms. The fraction of sp³-hybridized carbons (Fsp3) is 0. The number of hydrogen-bond acceptors (Lipinski definition) is 5. The van der Waals surface area contributed by atoms with Gasteiger partial charge in [-0.3, -0.25) is 4.98 Å². The molecule has 4 heterocycles. The Morgan fingerprint density at radius 3 is 1.64 bits per heavy atom. The average molecular weight is 564 g/mol. The van der Waals surface area contributed by atoms with Gasteiger partial charge in [-0.15, -0.1) is 0 Å². The molecule has 0 radical (unpaired) electrons. The van der Waals surface area contributed by atoms with Crippen LogP contribution < -0.4 is 0 Å². The van der Waals surface area contributed by atoms with E-state index in [1.165, 1.54) is 11.1 Å². The summed E-state index contributed by atoms with van der Waals surface area (Å²) in [5, 5.41) is 2.08. The van der Waals surface area contributed by atoms with Crippen molar-refractivity contribution >= 4 is 21.8 Å². The van der Waals surface area contributed by atoms with Gasteiger partial charge < -0.3 is 0 Å². The van der Waals surface area contributed by atoms with Crippen molar-refractivity contribution in [2.24, 2.45) is 0 Å². The molecule has 8 aromatic rings. The topological polar surface area (TPSA) is 64.5 Å². The molecule has 0 saturated carbocycles. The highest BCUT2D eigenvalue weighted by Crippen LogP contribution is 2.30. The Balaban J connectivity index is 1.13. The standard InChI is InChI=1S/C39H25N5/c1-2-8-26(9-3-1)29-10-6-11-30(22-29)33-24-41-39(42-25-33)32-13-7-12-31(23-32)34-19-17-27-15-16-28-18-20-36(35-14-4-5-21-40-35)44-38(28)37(27)43-34/h1-25H. The lowest BCUT2D eigenvalue weighted by Gasteiger charge is -2.09. The lowest BCUT2D eigenvalue weighted by atomic mass is 10.0. The molecular weight excluding hydrogens is 538 g/mol. The minimum absolute atomic E-state index is 0.669. The molecule has 4 aromatic carbocycles. The van der Waals surface area contributed by atoms with E-state index in [1.54, 1.807) is 6.20 Å². The molecule has 0 fully saturated rings. The molecule has 44 heavy (non-hydrogen) atoms. The number of hydrogen-bond donors (Lipinski definition) is 0. The van der Waals surface area contributed by atoms with Crippen molar-refractivity contribution in [2.45, 2.75) is 0 Å². The predicted octanol–water partition coefficient (Wildman–Crippen LogP) is 9.30. The maximum Gasteiger partial charge on any atom is 0.159 e. The third kappa shape index (κ3) is 4.86. The number of nitrogens with zero attached hydrogens (tertiary/aromatic N) is 5. The van der Waals surface area contributed by atoms with Gasteiger partial charge in [-0.2, -0.15) is 0 Å². The van der Waals surface area contributed by atoms with E-state index in [-0.39, 0.29) is 0 Å². The summed E-state index contributed by atoms with van der Waals surface area (Å²) in [4.78, 5) is 24.1. The zero-order valence-corrected chi connectivity index (χ0v) is 23.7. The summed E-state index contributed by atoms with van der Waals surface area (Å²) in [6.45, 7) is 0. The van der Waals surface area contributed by atoms with Gasteiger partial charge in [-0.05, 0) is 53.1 Å². The molecule has 0 atom stereocenters. The Morgan fingerprint density at radius 2 is 0.909 bits per heavy atom. The van der Waals surface area contributed by atoms with E-state index in [4.69, 9.17) is 19.9 Å². The largest absolute Gasteiger partial charge is 0.255 e. The number of pyridine rings is 3. The summed E-state index contributed by atoms with van der Waals surface area (Å²) in [5.74, 6) is 0.669. The minimum atomic E-state index is 0.669. The maximum absolute atomic E-state index is 5.11. The van der Waals surface area contributed by atoms with Crippen molar-refractivity contribution in [2.75, 3.05) is 0 Å². The molecule has 5 heteroatoms. The van der Waals surface area contributed by atoms with E-state index in [0.29, 0.717) is 5.82 Å². The summed E-state index contributed by atoms with van der Waals surface area (Å²) in [7, 11) is 0. The van der Waals surface area contributed by atoms with Gasteiger partial charge in [-0.25, -0.2) is 19.9 Å². The number of benzene rings is 4. The van der Waals surface area contributed by atoms with Gasteiger partial charge in [0, 0.05) is 46.1 Å². The van der Waals surface area contributed by atoms with E-state index < -0.39 is 0 Å². The summed E-state index contributed by atoms with van der Waals surface area (Å²) < 4.78 is 0. The first-order valence-corrected chi connectivity index (χ1v) is 14.5. The van der Waals surface area contributed by atoms with Crippen molar-refractivity contribution in [3.8, 4) is 56.3 Å². The van der Waals surface area contributed by atoms with Crippen LogP contribution in [0.15, 0.2) is 152 Å². The van der Waals surface area contributed by atoms with Crippen LogP contribution in [-0.2, 0) is 0 Å². The molecule has 0 saturated heterocycles. The van der Waals surface area contributed by atoms with Gasteiger partial charge >= 0.3 is 0 Å². The van der Waals surface area contributed by atoms with Gasteiger partial charge in [0.05, 0.1) is 28.1 Å². The highest BCUT2D eigenvalue weighted by molar-refractivity contribution is 6.04. The summed E-state index contributed by atoms with van der Waals surface area (Å²) in [6, 6.07) is 45.4. The van der Waals surface area contributed by atoms with Crippen LogP contribution in [-0.4, -0.2) is 24.9 Å². The number of fused-ring (bicyclic) bond motifs is 3. The number of rotatable bonds is 5. The molecule has 0 aliphatic rings. The third-order valence-corrected chi connectivity index (χ3v) is 7.82. The molecule has 4 aromatic heterocycles. The van der Waals surface area contributed by atoms with Gasteiger partial charge in [0.1, 0.15) is 0 Å². The molecule has 0 bridgehead atoms. The second-order valence-corrected chi connectivity index (χ2v) is 10.6. The van der Waals surface area contributed by atoms with E-state index in [1.807, 2.05) is 54.9 Å². The van der Waals surface area contributed by atoms with Crippen LogP contribution in [0.5, 0.6) is 0 Å². The normalized spacial score (nSPS) is 11.2. The molecule has 5 nitrogen and oxygen atoms in total. The molecular formula is C39H25N5. The quantitative estimate of drug-likeness (QED) is 0.195. The highest BCUT2D eigenvalue weighted by atomic mass is 14.9. The van der Waals surface area contributed by atoms with E-state index >= 15 is 0 Å². The second-order valence-electron chi connectivity index (χ2n) is 10.6. The first kappa shape index (κ1) is 25.6. The molecule has 0 unspecified atom stereocenters. The van der Waals surface area contributed by atoms with E-state index in [2.05, 4.69) is 96.0 Å². The molecule has 8 rings (SSSR count). The lowest BCUT2D eigenvalue weighted by Crippen LogP contribution is -1.93. The van der Waals surface area contributed by atoms with Crippen LogP contribution in [0, 0.1) is 0 Å². The average Bonchev–Trinajstić information content (AvgIpc) is 3.12. The zero-order valence-electron chi connectivity index (χ0n) is 23.7. The molecule has 0 aliphatic carbocycles. The van der Waals surface area contributed by atoms with Gasteiger partial charge in [0.2, 0.25) is 0 Å². The Labute approximate surface area is 254 Å². The van der Waals surface area contributed by atoms with Crippen LogP contribution in [0.4, 0.5) is 0 Å². The van der Waals surface area contributed by atoms with Crippen molar-refractivity contribution in [1.82, 2.24) is 24.9 Å². The fourth-order valence-corrected chi connectivity index (χ4v) is 5.54. The SMILES string of the molecule is c1ccc(-c2cccc(-c3cnc(-c4cccc(-c5ccc6ccc7ccc(-c8ccccn8)nc7c6n5)c4)nc3)c2)cc1. The van der Waals surface area contributed by atoms with Gasteiger partial charge in [0.15, 0.2) is 5.82 Å². The molecule has 0 aliphatic heterocycles. The first-order chi connectivity index (χ1) is 21.8. The van der Waals surface area contributed by atoms with Crippen molar-refractivity contribution < 1.29 is 0 Å². The Morgan fingerprint density at radius 1 is 0.341 bits per heavy atom. The summed E-state index contributed by atoms with van der Waals surface area (Å²) in [6.07, 6.45) is 5.57. The van der Waals surface area contributed by atoms with Crippen LogP contribution in [0.1, 0.15) is 0 Å². The van der Waals surface area contributed by atoms with Crippen LogP contribution in [0.2, 0.25) is 0 Å². The number of aromatic nitrogens is 5. The van der Waals surface area contributed by atoms with Crippen LogP contribution in [0.25, 0.3) is 78.1 Å². The monoisotopic (exact) mass is 563 g/mol. The van der Waals surface area contributed by atoms with Gasteiger partial charge in [0.25, 0.3) is 0 Å². The fourth-order valence-electron chi connectivity index (χ4n) is 5.54. The summed E-state index contributed by atoms with van der Waals surface area (Å²) >= 11 is 0. The molecule has 206 valence electrons. The minimum Gasteiger partial charge on any atom is -0.255 e. The molecule has 0 N–H and O–H groups in total. The Hall–Kier alpha value is -6.07. The maximum atomic E-state index is 5.11. The zero-order chi connectivity index (χ0) is 29.3.